The fourth-order valence-corrected chi connectivity index (χ4v) is 3.49. The maximum absolute atomic E-state index is 13.1. The number of nitrogens with one attached hydrogen (secondary N) is 1. The van der Waals surface area contributed by atoms with E-state index in [0.29, 0.717) is 42.7 Å². The predicted molar refractivity (Wildman–Crippen MR) is 97.4 cm³/mol. The number of hydrogen-bond donors (Lipinski definition) is 1. The van der Waals surface area contributed by atoms with Gasteiger partial charge in [0.25, 0.3) is 5.91 Å². The normalized spacial score (nSPS) is 21.4. The number of rotatable bonds is 5. The van der Waals surface area contributed by atoms with E-state index in [9.17, 15) is 9.59 Å². The first kappa shape index (κ1) is 17.7. The summed E-state index contributed by atoms with van der Waals surface area (Å²) >= 11 is 0. The lowest BCUT2D eigenvalue weighted by Gasteiger charge is -2.35. The van der Waals surface area contributed by atoms with Crippen molar-refractivity contribution < 1.29 is 9.59 Å². The first-order chi connectivity index (χ1) is 12.0. The summed E-state index contributed by atoms with van der Waals surface area (Å²) in [6, 6.07) is 3.64. The highest BCUT2D eigenvalue weighted by Gasteiger charge is 2.37. The Bertz CT molecular complexity index is 642. The van der Waals surface area contributed by atoms with E-state index in [0.717, 1.165) is 6.54 Å². The van der Waals surface area contributed by atoms with Crippen LogP contribution in [-0.4, -0.2) is 59.3 Å². The molecule has 0 radical (unpaired) electrons. The predicted octanol–water partition coefficient (Wildman–Crippen LogP) is 2.23. The molecule has 0 unspecified atom stereocenters. The zero-order chi connectivity index (χ0) is 18.0. The van der Waals surface area contributed by atoms with Crippen LogP contribution >= 0.6 is 0 Å². The highest BCUT2D eigenvalue weighted by molar-refractivity contribution is 5.99. The van der Waals surface area contributed by atoms with Gasteiger partial charge in [-0.15, -0.1) is 0 Å². The second-order valence-corrected chi connectivity index (χ2v) is 7.45. The number of nitrogens with zero attached hydrogens (tertiary/aromatic N) is 3. The molecule has 1 aromatic rings. The van der Waals surface area contributed by atoms with Crippen LogP contribution in [0.5, 0.6) is 0 Å². The van der Waals surface area contributed by atoms with Gasteiger partial charge >= 0.3 is 0 Å². The highest BCUT2D eigenvalue weighted by Crippen LogP contribution is 2.32. The van der Waals surface area contributed by atoms with Crippen LogP contribution in [0.4, 0.5) is 5.82 Å². The molecular weight excluding hydrogens is 316 g/mol. The van der Waals surface area contributed by atoms with E-state index in [1.165, 1.54) is 12.8 Å². The van der Waals surface area contributed by atoms with E-state index < -0.39 is 0 Å². The van der Waals surface area contributed by atoms with Gasteiger partial charge in [0.2, 0.25) is 5.91 Å². The lowest BCUT2D eigenvalue weighted by molar-refractivity contribution is -0.133. The van der Waals surface area contributed by atoms with Gasteiger partial charge in [-0.1, -0.05) is 13.8 Å². The fourth-order valence-electron chi connectivity index (χ4n) is 3.49. The Kier molecular flexibility index (Phi) is 5.25. The molecule has 3 rings (SSSR count). The Morgan fingerprint density at radius 3 is 2.80 bits per heavy atom. The van der Waals surface area contributed by atoms with Crippen molar-refractivity contribution in [2.45, 2.75) is 39.2 Å². The SMILES string of the molecule is CNc1ncccc1C(=O)N1CCC(=O)N(CC2CC2)[C@@H](C(C)C)C1. The molecule has 1 N–H and O–H groups in total. The number of carbonyl (C=O) groups is 2. The van der Waals surface area contributed by atoms with E-state index in [1.807, 2.05) is 9.80 Å². The molecule has 1 saturated carbocycles. The zero-order valence-corrected chi connectivity index (χ0v) is 15.4. The third-order valence-electron chi connectivity index (χ3n) is 5.21. The van der Waals surface area contributed by atoms with Gasteiger partial charge in [0.1, 0.15) is 5.82 Å². The van der Waals surface area contributed by atoms with Gasteiger partial charge in [0.05, 0.1) is 11.6 Å². The Balaban J connectivity index is 1.82. The number of aromatic nitrogens is 1. The monoisotopic (exact) mass is 344 g/mol. The van der Waals surface area contributed by atoms with E-state index >= 15 is 0 Å². The highest BCUT2D eigenvalue weighted by atomic mass is 16.2. The standard InChI is InChI=1S/C19H28N4O2/c1-13(2)16-12-22(10-8-17(24)23(16)11-14-6-7-14)19(25)15-5-4-9-21-18(15)20-3/h4-5,9,13-14,16H,6-8,10-12H2,1-3H3,(H,20,21)/t16-/m1/s1. The van der Waals surface area contributed by atoms with Gasteiger partial charge in [-0.2, -0.15) is 0 Å². The van der Waals surface area contributed by atoms with Gasteiger partial charge in [0, 0.05) is 39.3 Å². The number of pyridine rings is 1. The summed E-state index contributed by atoms with van der Waals surface area (Å²) in [6.45, 7) is 6.18. The Hall–Kier alpha value is -2.11. The molecule has 1 aliphatic heterocycles. The van der Waals surface area contributed by atoms with E-state index in [-0.39, 0.29) is 17.9 Å². The largest absolute Gasteiger partial charge is 0.372 e. The van der Waals surface area contributed by atoms with Crippen molar-refractivity contribution in [3.8, 4) is 0 Å². The van der Waals surface area contributed by atoms with Crippen molar-refractivity contribution in [3.05, 3.63) is 23.9 Å². The van der Waals surface area contributed by atoms with Crippen LogP contribution in [0.3, 0.4) is 0 Å². The van der Waals surface area contributed by atoms with Crippen LogP contribution in [0.25, 0.3) is 0 Å². The van der Waals surface area contributed by atoms with Gasteiger partial charge in [-0.3, -0.25) is 9.59 Å². The molecule has 2 fully saturated rings. The molecule has 1 aromatic heterocycles. The second kappa shape index (κ2) is 7.42. The molecule has 25 heavy (non-hydrogen) atoms. The minimum absolute atomic E-state index is 0.0517. The Morgan fingerprint density at radius 1 is 1.40 bits per heavy atom. The van der Waals surface area contributed by atoms with Crippen molar-refractivity contribution in [1.29, 1.82) is 0 Å². The van der Waals surface area contributed by atoms with Gasteiger partial charge < -0.3 is 15.1 Å². The van der Waals surface area contributed by atoms with Crippen LogP contribution in [0.15, 0.2) is 18.3 Å². The quantitative estimate of drug-likeness (QED) is 0.890. The molecule has 6 nitrogen and oxygen atoms in total. The Morgan fingerprint density at radius 2 is 2.16 bits per heavy atom. The molecule has 0 spiro atoms. The lowest BCUT2D eigenvalue weighted by Crippen LogP contribution is -2.48. The summed E-state index contributed by atoms with van der Waals surface area (Å²) in [7, 11) is 1.76. The fraction of sp³-hybridized carbons (Fsp3) is 0.632. The summed E-state index contributed by atoms with van der Waals surface area (Å²) in [4.78, 5) is 33.8. The maximum Gasteiger partial charge on any atom is 0.257 e. The number of hydrogen-bond acceptors (Lipinski definition) is 4. The summed E-state index contributed by atoms with van der Waals surface area (Å²) < 4.78 is 0. The molecular formula is C19H28N4O2. The summed E-state index contributed by atoms with van der Waals surface area (Å²) in [5.41, 5.74) is 0.565. The topological polar surface area (TPSA) is 65.5 Å². The van der Waals surface area contributed by atoms with Crippen LogP contribution in [0, 0.1) is 11.8 Å². The van der Waals surface area contributed by atoms with E-state index in [1.54, 1.807) is 25.4 Å². The smallest absolute Gasteiger partial charge is 0.257 e. The first-order valence-corrected chi connectivity index (χ1v) is 9.22. The van der Waals surface area contributed by atoms with E-state index in [2.05, 4.69) is 24.1 Å². The molecule has 0 bridgehead atoms. The van der Waals surface area contributed by atoms with Crippen molar-refractivity contribution in [3.63, 3.8) is 0 Å². The van der Waals surface area contributed by atoms with Crippen molar-refractivity contribution in [2.75, 3.05) is 32.0 Å². The number of carbonyl (C=O) groups excluding carboxylic acids is 2. The van der Waals surface area contributed by atoms with Crippen LogP contribution in [-0.2, 0) is 4.79 Å². The Labute approximate surface area is 149 Å². The third-order valence-corrected chi connectivity index (χ3v) is 5.21. The summed E-state index contributed by atoms with van der Waals surface area (Å²) in [5, 5.41) is 2.98. The van der Waals surface area contributed by atoms with Gasteiger partial charge in [-0.25, -0.2) is 4.98 Å². The summed E-state index contributed by atoms with van der Waals surface area (Å²) in [6.07, 6.45) is 4.51. The molecule has 136 valence electrons. The second-order valence-electron chi connectivity index (χ2n) is 7.45. The van der Waals surface area contributed by atoms with Crippen LogP contribution in [0.2, 0.25) is 0 Å². The third kappa shape index (κ3) is 3.94. The van der Waals surface area contributed by atoms with Gasteiger partial charge in [-0.05, 0) is 36.8 Å². The zero-order valence-electron chi connectivity index (χ0n) is 15.4. The molecule has 6 heteroatoms. The molecule has 1 saturated heterocycles. The minimum atomic E-state index is -0.0517. The van der Waals surface area contributed by atoms with Crippen molar-refractivity contribution >= 4 is 17.6 Å². The van der Waals surface area contributed by atoms with Crippen molar-refractivity contribution in [1.82, 2.24) is 14.8 Å². The molecule has 2 heterocycles. The first-order valence-electron chi connectivity index (χ1n) is 9.22. The molecule has 1 atom stereocenters. The lowest BCUT2D eigenvalue weighted by atomic mass is 10.0. The number of amides is 2. The molecule has 2 amide bonds. The maximum atomic E-state index is 13.1. The number of anilines is 1. The van der Waals surface area contributed by atoms with Crippen LogP contribution in [0.1, 0.15) is 43.5 Å². The average molecular weight is 344 g/mol. The minimum Gasteiger partial charge on any atom is -0.372 e. The average Bonchev–Trinajstić information content (AvgIpc) is 3.44. The molecule has 2 aliphatic rings. The summed E-state index contributed by atoms with van der Waals surface area (Å²) in [5.74, 6) is 1.68. The van der Waals surface area contributed by atoms with Crippen LogP contribution < -0.4 is 5.32 Å². The molecule has 0 aromatic carbocycles. The van der Waals surface area contributed by atoms with Crippen molar-refractivity contribution in [2.24, 2.45) is 11.8 Å². The van der Waals surface area contributed by atoms with E-state index in [4.69, 9.17) is 0 Å². The van der Waals surface area contributed by atoms with Gasteiger partial charge in [0.15, 0.2) is 0 Å². The molecule has 1 aliphatic carbocycles.